The fourth-order valence-electron chi connectivity index (χ4n) is 2.02. The minimum Gasteiger partial charge on any atom is -0.384 e. The zero-order valence-electron chi connectivity index (χ0n) is 10.6. The van der Waals surface area contributed by atoms with Crippen LogP contribution < -0.4 is 10.2 Å². The molecule has 2 rings (SSSR count). The topological polar surface area (TPSA) is 28.2 Å². The number of hydrogen-bond donors (Lipinski definition) is 1. The molecule has 1 aliphatic rings. The summed E-state index contributed by atoms with van der Waals surface area (Å²) in [4.78, 5) is 6.76. The fraction of sp³-hybridized carbons (Fsp3) is 0.615. The first kappa shape index (κ1) is 12.6. The van der Waals surface area contributed by atoms with Gasteiger partial charge in [-0.2, -0.15) is 11.8 Å². The molecule has 0 aliphatic carbocycles. The van der Waals surface area contributed by atoms with Crippen LogP contribution in [0.1, 0.15) is 20.3 Å². The third-order valence-corrected chi connectivity index (χ3v) is 4.05. The van der Waals surface area contributed by atoms with E-state index in [2.05, 4.69) is 46.9 Å². The standard InChI is InChI=1S/C13H21N3S/c1-3-4-15-12-7-13(9-14-8-12)16-5-6-17-11(2)10-16/h7-9,11,15H,3-6,10H2,1-2H3. The molecule has 1 atom stereocenters. The number of thioether (sulfide) groups is 1. The second-order valence-electron chi connectivity index (χ2n) is 4.49. The van der Waals surface area contributed by atoms with Crippen LogP contribution in [0, 0.1) is 0 Å². The second-order valence-corrected chi connectivity index (χ2v) is 6.03. The Morgan fingerprint density at radius 1 is 1.53 bits per heavy atom. The molecule has 1 saturated heterocycles. The molecule has 0 spiro atoms. The Hall–Kier alpha value is -0.900. The van der Waals surface area contributed by atoms with Crippen LogP contribution in [-0.4, -0.2) is 35.6 Å². The molecule has 3 nitrogen and oxygen atoms in total. The number of aromatic nitrogens is 1. The van der Waals surface area contributed by atoms with Gasteiger partial charge < -0.3 is 10.2 Å². The lowest BCUT2D eigenvalue weighted by Gasteiger charge is -2.32. The summed E-state index contributed by atoms with van der Waals surface area (Å²) in [6.45, 7) is 7.74. The predicted molar refractivity (Wildman–Crippen MR) is 77.2 cm³/mol. The third-order valence-electron chi connectivity index (χ3n) is 2.91. The van der Waals surface area contributed by atoms with Crippen molar-refractivity contribution in [3.05, 3.63) is 18.5 Å². The van der Waals surface area contributed by atoms with Crippen molar-refractivity contribution in [1.82, 2.24) is 4.98 Å². The lowest BCUT2D eigenvalue weighted by Crippen LogP contribution is -2.36. The number of anilines is 2. The molecule has 1 aromatic rings. The van der Waals surface area contributed by atoms with Crippen molar-refractivity contribution in [2.45, 2.75) is 25.5 Å². The smallest absolute Gasteiger partial charge is 0.0574 e. The Morgan fingerprint density at radius 3 is 3.18 bits per heavy atom. The summed E-state index contributed by atoms with van der Waals surface area (Å²) in [7, 11) is 0. The average molecular weight is 251 g/mol. The zero-order valence-corrected chi connectivity index (χ0v) is 11.5. The highest BCUT2D eigenvalue weighted by molar-refractivity contribution is 8.00. The van der Waals surface area contributed by atoms with Crippen molar-refractivity contribution in [1.29, 1.82) is 0 Å². The summed E-state index contributed by atoms with van der Waals surface area (Å²) < 4.78 is 0. The van der Waals surface area contributed by atoms with Crippen molar-refractivity contribution in [2.75, 3.05) is 35.6 Å². The van der Waals surface area contributed by atoms with Gasteiger partial charge in [-0.05, 0) is 12.5 Å². The van der Waals surface area contributed by atoms with Gasteiger partial charge in [0.2, 0.25) is 0 Å². The molecular formula is C13H21N3S. The van der Waals surface area contributed by atoms with E-state index in [1.54, 1.807) is 0 Å². The molecule has 0 bridgehead atoms. The maximum Gasteiger partial charge on any atom is 0.0574 e. The van der Waals surface area contributed by atoms with Gasteiger partial charge in [0.1, 0.15) is 0 Å². The van der Waals surface area contributed by atoms with Crippen molar-refractivity contribution in [2.24, 2.45) is 0 Å². The summed E-state index contributed by atoms with van der Waals surface area (Å²) in [6.07, 6.45) is 5.02. The highest BCUT2D eigenvalue weighted by atomic mass is 32.2. The summed E-state index contributed by atoms with van der Waals surface area (Å²) >= 11 is 2.06. The Kier molecular flexibility index (Phi) is 4.54. The van der Waals surface area contributed by atoms with Crippen LogP contribution >= 0.6 is 11.8 Å². The first-order valence-corrected chi connectivity index (χ1v) is 7.40. The maximum atomic E-state index is 4.33. The molecule has 4 heteroatoms. The zero-order chi connectivity index (χ0) is 12.1. The molecule has 0 saturated carbocycles. The minimum absolute atomic E-state index is 0.719. The van der Waals surface area contributed by atoms with Crippen LogP contribution in [0.15, 0.2) is 18.5 Å². The molecule has 1 aromatic heterocycles. The van der Waals surface area contributed by atoms with E-state index in [9.17, 15) is 0 Å². The summed E-state index contributed by atoms with van der Waals surface area (Å²) in [5, 5.41) is 4.11. The number of nitrogens with zero attached hydrogens (tertiary/aromatic N) is 2. The van der Waals surface area contributed by atoms with Crippen LogP contribution in [0.5, 0.6) is 0 Å². The van der Waals surface area contributed by atoms with Gasteiger partial charge in [0.05, 0.1) is 23.8 Å². The van der Waals surface area contributed by atoms with Gasteiger partial charge in [0.25, 0.3) is 0 Å². The molecule has 0 aromatic carbocycles. The van der Waals surface area contributed by atoms with Gasteiger partial charge in [0.15, 0.2) is 0 Å². The van der Waals surface area contributed by atoms with Gasteiger partial charge in [-0.1, -0.05) is 13.8 Å². The Labute approximate surface area is 108 Å². The molecule has 94 valence electrons. The molecule has 1 N–H and O–H groups in total. The van der Waals surface area contributed by atoms with Gasteiger partial charge >= 0.3 is 0 Å². The molecule has 2 heterocycles. The summed E-state index contributed by atoms with van der Waals surface area (Å²) in [5.41, 5.74) is 2.38. The first-order valence-electron chi connectivity index (χ1n) is 6.35. The van der Waals surface area contributed by atoms with Crippen molar-refractivity contribution >= 4 is 23.1 Å². The average Bonchev–Trinajstić information content (AvgIpc) is 2.37. The van der Waals surface area contributed by atoms with E-state index in [0.29, 0.717) is 0 Å². The summed E-state index contributed by atoms with van der Waals surface area (Å²) in [5.74, 6) is 1.22. The SMILES string of the molecule is CCCNc1cncc(N2CCSC(C)C2)c1. The van der Waals surface area contributed by atoms with E-state index < -0.39 is 0 Å². The molecule has 1 fully saturated rings. The van der Waals surface area contributed by atoms with Crippen LogP contribution in [-0.2, 0) is 0 Å². The van der Waals surface area contributed by atoms with E-state index in [1.807, 2.05) is 12.4 Å². The van der Waals surface area contributed by atoms with Gasteiger partial charge in [-0.25, -0.2) is 0 Å². The van der Waals surface area contributed by atoms with Crippen LogP contribution in [0.25, 0.3) is 0 Å². The highest BCUT2D eigenvalue weighted by Crippen LogP contribution is 2.24. The lowest BCUT2D eigenvalue weighted by atomic mass is 10.3. The van der Waals surface area contributed by atoms with E-state index in [-0.39, 0.29) is 0 Å². The van der Waals surface area contributed by atoms with E-state index in [1.165, 1.54) is 11.4 Å². The molecule has 0 radical (unpaired) electrons. The largest absolute Gasteiger partial charge is 0.384 e. The van der Waals surface area contributed by atoms with Gasteiger partial charge in [-0.15, -0.1) is 0 Å². The first-order chi connectivity index (χ1) is 8.29. The van der Waals surface area contributed by atoms with Crippen molar-refractivity contribution in [3.8, 4) is 0 Å². The number of nitrogens with one attached hydrogen (secondary N) is 1. The fourth-order valence-corrected chi connectivity index (χ4v) is 3.03. The van der Waals surface area contributed by atoms with E-state index in [0.717, 1.165) is 37.0 Å². The van der Waals surface area contributed by atoms with Gasteiger partial charge in [0, 0.05) is 30.6 Å². The molecule has 0 amide bonds. The normalized spacial score (nSPS) is 20.4. The van der Waals surface area contributed by atoms with Crippen LogP contribution in [0.2, 0.25) is 0 Å². The molecule has 17 heavy (non-hydrogen) atoms. The Morgan fingerprint density at radius 2 is 2.41 bits per heavy atom. The predicted octanol–water partition coefficient (Wildman–Crippen LogP) is 2.85. The quantitative estimate of drug-likeness (QED) is 0.890. The van der Waals surface area contributed by atoms with Crippen molar-refractivity contribution in [3.63, 3.8) is 0 Å². The summed E-state index contributed by atoms with van der Waals surface area (Å²) in [6, 6.07) is 2.21. The molecule has 1 aliphatic heterocycles. The molecule has 1 unspecified atom stereocenters. The van der Waals surface area contributed by atoms with Crippen molar-refractivity contribution < 1.29 is 0 Å². The van der Waals surface area contributed by atoms with Crippen LogP contribution in [0.4, 0.5) is 11.4 Å². The van der Waals surface area contributed by atoms with Crippen LogP contribution in [0.3, 0.4) is 0 Å². The van der Waals surface area contributed by atoms with E-state index >= 15 is 0 Å². The third kappa shape index (κ3) is 3.53. The highest BCUT2D eigenvalue weighted by Gasteiger charge is 2.17. The Bertz CT molecular complexity index is 356. The number of rotatable bonds is 4. The number of hydrogen-bond acceptors (Lipinski definition) is 4. The molecular weight excluding hydrogens is 230 g/mol. The number of pyridine rings is 1. The van der Waals surface area contributed by atoms with Gasteiger partial charge in [-0.3, -0.25) is 4.98 Å². The monoisotopic (exact) mass is 251 g/mol. The lowest BCUT2D eigenvalue weighted by molar-refractivity contribution is 0.781. The maximum absolute atomic E-state index is 4.33. The van der Waals surface area contributed by atoms with E-state index in [4.69, 9.17) is 0 Å². The second kappa shape index (κ2) is 6.15. The Balaban J connectivity index is 2.04. The minimum atomic E-state index is 0.719.